The Labute approximate surface area is 123 Å². The van der Waals surface area contributed by atoms with Crippen molar-refractivity contribution in [3.05, 3.63) is 24.3 Å². The largest absolute Gasteiger partial charge is 0.378 e. The van der Waals surface area contributed by atoms with Crippen LogP contribution in [0.5, 0.6) is 0 Å². The van der Waals surface area contributed by atoms with Gasteiger partial charge in [0.25, 0.3) is 0 Å². The summed E-state index contributed by atoms with van der Waals surface area (Å²) in [6.07, 6.45) is 3.99. The predicted molar refractivity (Wildman–Crippen MR) is 86.8 cm³/mol. The summed E-state index contributed by atoms with van der Waals surface area (Å²) in [6.45, 7) is 6.08. The molecule has 0 aromatic heterocycles. The first-order chi connectivity index (χ1) is 9.69. The summed E-state index contributed by atoms with van der Waals surface area (Å²) >= 11 is 0. The molecule has 110 valence electrons. The zero-order chi connectivity index (χ0) is 14.1. The zero-order valence-electron chi connectivity index (χ0n) is 13.0. The SMILES string of the molecule is CCC1CN2CCCC2CN1c1cccc(N(C)C)c1. The molecule has 2 saturated heterocycles. The second kappa shape index (κ2) is 5.65. The fourth-order valence-electron chi connectivity index (χ4n) is 3.70. The number of hydrogen-bond donors (Lipinski definition) is 0. The number of fused-ring (bicyclic) bond motifs is 1. The highest BCUT2D eigenvalue weighted by molar-refractivity contribution is 5.59. The van der Waals surface area contributed by atoms with Crippen LogP contribution in [0.1, 0.15) is 26.2 Å². The second-order valence-electron chi connectivity index (χ2n) is 6.42. The maximum atomic E-state index is 2.71. The fraction of sp³-hybridized carbons (Fsp3) is 0.647. The molecule has 0 aliphatic carbocycles. The Balaban J connectivity index is 1.85. The highest BCUT2D eigenvalue weighted by atomic mass is 15.3. The van der Waals surface area contributed by atoms with Crippen LogP contribution >= 0.6 is 0 Å². The zero-order valence-corrected chi connectivity index (χ0v) is 13.0. The van der Waals surface area contributed by atoms with E-state index >= 15 is 0 Å². The predicted octanol–water partition coefficient (Wildman–Crippen LogP) is 2.82. The van der Waals surface area contributed by atoms with E-state index in [2.05, 4.69) is 60.0 Å². The van der Waals surface area contributed by atoms with Crippen LogP contribution in [0.2, 0.25) is 0 Å². The van der Waals surface area contributed by atoms with Crippen LogP contribution in [-0.4, -0.2) is 50.7 Å². The molecule has 1 aromatic rings. The van der Waals surface area contributed by atoms with Crippen molar-refractivity contribution in [3.8, 4) is 0 Å². The quantitative estimate of drug-likeness (QED) is 0.838. The van der Waals surface area contributed by atoms with E-state index in [0.717, 1.165) is 6.04 Å². The third-order valence-corrected chi connectivity index (χ3v) is 4.94. The van der Waals surface area contributed by atoms with Gasteiger partial charge in [-0.1, -0.05) is 13.0 Å². The van der Waals surface area contributed by atoms with Crippen molar-refractivity contribution in [3.63, 3.8) is 0 Å². The Morgan fingerprint density at radius 3 is 2.85 bits per heavy atom. The van der Waals surface area contributed by atoms with E-state index in [1.54, 1.807) is 0 Å². The van der Waals surface area contributed by atoms with E-state index in [9.17, 15) is 0 Å². The van der Waals surface area contributed by atoms with Crippen LogP contribution in [0.15, 0.2) is 24.3 Å². The number of benzene rings is 1. The maximum absolute atomic E-state index is 2.71. The minimum absolute atomic E-state index is 0.668. The molecule has 2 unspecified atom stereocenters. The van der Waals surface area contributed by atoms with E-state index in [-0.39, 0.29) is 0 Å². The average molecular weight is 273 g/mol. The van der Waals surface area contributed by atoms with Crippen molar-refractivity contribution in [2.45, 2.75) is 38.3 Å². The summed E-state index contributed by atoms with van der Waals surface area (Å²) in [5.74, 6) is 0. The van der Waals surface area contributed by atoms with Gasteiger partial charge in [-0.25, -0.2) is 0 Å². The molecular formula is C17H27N3. The molecule has 3 nitrogen and oxygen atoms in total. The smallest absolute Gasteiger partial charge is 0.0415 e. The number of hydrogen-bond acceptors (Lipinski definition) is 3. The first kappa shape index (κ1) is 13.7. The van der Waals surface area contributed by atoms with Gasteiger partial charge in [0.1, 0.15) is 0 Å². The maximum Gasteiger partial charge on any atom is 0.0415 e. The molecule has 0 amide bonds. The average Bonchev–Trinajstić information content (AvgIpc) is 2.93. The molecule has 3 rings (SSSR count). The summed E-state index contributed by atoms with van der Waals surface area (Å²) in [7, 11) is 4.23. The van der Waals surface area contributed by atoms with Gasteiger partial charge in [0.05, 0.1) is 0 Å². The highest BCUT2D eigenvalue weighted by Gasteiger charge is 2.35. The van der Waals surface area contributed by atoms with Gasteiger partial charge in [0, 0.05) is 50.6 Å². The normalized spacial score (nSPS) is 26.6. The van der Waals surface area contributed by atoms with Crippen molar-refractivity contribution < 1.29 is 0 Å². The summed E-state index contributed by atoms with van der Waals surface area (Å²) in [6, 6.07) is 10.4. The Hall–Kier alpha value is -1.22. The summed E-state index contributed by atoms with van der Waals surface area (Å²) in [5.41, 5.74) is 2.70. The van der Waals surface area contributed by atoms with E-state index < -0.39 is 0 Å². The van der Waals surface area contributed by atoms with Crippen molar-refractivity contribution in [2.75, 3.05) is 43.5 Å². The van der Waals surface area contributed by atoms with Gasteiger partial charge in [-0.15, -0.1) is 0 Å². The van der Waals surface area contributed by atoms with Gasteiger partial charge in [-0.05, 0) is 44.0 Å². The molecule has 2 atom stereocenters. The van der Waals surface area contributed by atoms with Gasteiger partial charge in [0.15, 0.2) is 0 Å². The second-order valence-corrected chi connectivity index (χ2v) is 6.42. The topological polar surface area (TPSA) is 9.72 Å². The van der Waals surface area contributed by atoms with Gasteiger partial charge in [-0.2, -0.15) is 0 Å². The van der Waals surface area contributed by atoms with E-state index in [1.807, 2.05) is 0 Å². The third kappa shape index (κ3) is 2.51. The highest BCUT2D eigenvalue weighted by Crippen LogP contribution is 2.31. The van der Waals surface area contributed by atoms with Crippen LogP contribution in [-0.2, 0) is 0 Å². The Morgan fingerprint density at radius 2 is 2.10 bits per heavy atom. The molecule has 1 aromatic carbocycles. The molecule has 2 heterocycles. The molecule has 2 fully saturated rings. The monoisotopic (exact) mass is 273 g/mol. The van der Waals surface area contributed by atoms with E-state index in [0.29, 0.717) is 6.04 Å². The van der Waals surface area contributed by atoms with Crippen molar-refractivity contribution in [2.24, 2.45) is 0 Å². The van der Waals surface area contributed by atoms with Gasteiger partial charge in [-0.3, -0.25) is 4.90 Å². The lowest BCUT2D eigenvalue weighted by Gasteiger charge is -2.45. The van der Waals surface area contributed by atoms with Gasteiger partial charge in [0.2, 0.25) is 0 Å². The molecule has 2 aliphatic rings. The number of nitrogens with zero attached hydrogens (tertiary/aromatic N) is 3. The lowest BCUT2D eigenvalue weighted by atomic mass is 10.0. The van der Waals surface area contributed by atoms with Crippen LogP contribution < -0.4 is 9.80 Å². The number of piperazine rings is 1. The number of anilines is 2. The Kier molecular flexibility index (Phi) is 3.88. The van der Waals surface area contributed by atoms with E-state index in [1.165, 1.54) is 50.3 Å². The molecule has 20 heavy (non-hydrogen) atoms. The molecule has 0 radical (unpaired) electrons. The summed E-state index contributed by atoms with van der Waals surface area (Å²) in [5, 5.41) is 0. The van der Waals surface area contributed by atoms with Crippen molar-refractivity contribution in [1.82, 2.24) is 4.90 Å². The van der Waals surface area contributed by atoms with Crippen LogP contribution in [0, 0.1) is 0 Å². The lowest BCUT2D eigenvalue weighted by molar-refractivity contribution is 0.195. The molecule has 0 bridgehead atoms. The fourth-order valence-corrected chi connectivity index (χ4v) is 3.70. The first-order valence-electron chi connectivity index (χ1n) is 7.97. The van der Waals surface area contributed by atoms with Crippen LogP contribution in [0.25, 0.3) is 0 Å². The van der Waals surface area contributed by atoms with Gasteiger partial charge < -0.3 is 9.80 Å². The Morgan fingerprint density at radius 1 is 1.25 bits per heavy atom. The Bertz CT molecular complexity index is 457. The van der Waals surface area contributed by atoms with Gasteiger partial charge >= 0.3 is 0 Å². The first-order valence-corrected chi connectivity index (χ1v) is 7.97. The summed E-state index contributed by atoms with van der Waals surface area (Å²) in [4.78, 5) is 7.55. The lowest BCUT2D eigenvalue weighted by Crippen LogP contribution is -2.56. The van der Waals surface area contributed by atoms with E-state index in [4.69, 9.17) is 0 Å². The molecule has 0 saturated carbocycles. The number of rotatable bonds is 3. The van der Waals surface area contributed by atoms with Crippen molar-refractivity contribution >= 4 is 11.4 Å². The van der Waals surface area contributed by atoms with Crippen LogP contribution in [0.3, 0.4) is 0 Å². The molecule has 2 aliphatic heterocycles. The standard InChI is InChI=1S/C17H27N3/c1-4-14-12-19-10-6-9-17(19)13-20(14)16-8-5-7-15(11-16)18(2)3/h5,7-8,11,14,17H,4,6,9-10,12-13H2,1-3H3. The molecular weight excluding hydrogens is 246 g/mol. The van der Waals surface area contributed by atoms with Crippen molar-refractivity contribution in [1.29, 1.82) is 0 Å². The minimum Gasteiger partial charge on any atom is -0.378 e. The minimum atomic E-state index is 0.668. The molecule has 0 spiro atoms. The molecule has 3 heteroatoms. The molecule has 0 N–H and O–H groups in total. The summed E-state index contributed by atoms with van der Waals surface area (Å²) < 4.78 is 0. The third-order valence-electron chi connectivity index (χ3n) is 4.94. The van der Waals surface area contributed by atoms with Crippen LogP contribution in [0.4, 0.5) is 11.4 Å².